The highest BCUT2D eigenvalue weighted by atomic mass is 35.5. The van der Waals surface area contributed by atoms with Crippen LogP contribution < -0.4 is 4.74 Å². The number of carbonyl (C=O) groups excluding carboxylic acids is 1. The van der Waals surface area contributed by atoms with Crippen molar-refractivity contribution in [2.45, 2.75) is 71.1 Å². The van der Waals surface area contributed by atoms with Gasteiger partial charge in [0.2, 0.25) is 5.24 Å². The summed E-state index contributed by atoms with van der Waals surface area (Å²) in [6, 6.07) is 7.69. The Balaban J connectivity index is 2.00. The summed E-state index contributed by atoms with van der Waals surface area (Å²) in [5, 5.41) is -0.462. The molecule has 0 amide bonds. The highest BCUT2D eigenvalue weighted by molar-refractivity contribution is 6.66. The van der Waals surface area contributed by atoms with Gasteiger partial charge in [-0.15, -0.1) is 0 Å². The first-order valence-corrected chi connectivity index (χ1v) is 9.70. The van der Waals surface area contributed by atoms with Crippen molar-refractivity contribution < 1.29 is 9.53 Å². The van der Waals surface area contributed by atoms with Gasteiger partial charge in [-0.25, -0.2) is 0 Å². The summed E-state index contributed by atoms with van der Waals surface area (Å²) >= 11 is 5.27. The molecule has 0 radical (unpaired) electrons. The normalized spacial score (nSPS) is 11.1. The Labute approximate surface area is 152 Å². The summed E-state index contributed by atoms with van der Waals surface area (Å²) < 4.78 is 5.74. The minimum atomic E-state index is -0.462. The molecular formula is C21H31ClO2. The van der Waals surface area contributed by atoms with Gasteiger partial charge in [-0.2, -0.15) is 0 Å². The molecule has 0 bridgehead atoms. The summed E-state index contributed by atoms with van der Waals surface area (Å²) in [5.74, 6) is 0.875. The van der Waals surface area contributed by atoms with E-state index in [0.29, 0.717) is 0 Å². The predicted octanol–water partition coefficient (Wildman–Crippen LogP) is 6.76. The van der Waals surface area contributed by atoms with Crippen LogP contribution in [0.1, 0.15) is 76.7 Å². The number of halogens is 1. The molecule has 1 aromatic rings. The van der Waals surface area contributed by atoms with Crippen LogP contribution in [0.5, 0.6) is 5.75 Å². The molecule has 0 aliphatic carbocycles. The molecule has 0 aliphatic heterocycles. The molecule has 0 aliphatic rings. The fraction of sp³-hybridized carbons (Fsp3) is 0.571. The molecule has 1 rings (SSSR count). The highest BCUT2D eigenvalue weighted by Crippen LogP contribution is 2.15. The van der Waals surface area contributed by atoms with Gasteiger partial charge >= 0.3 is 0 Å². The van der Waals surface area contributed by atoms with E-state index in [1.807, 2.05) is 24.3 Å². The van der Waals surface area contributed by atoms with Crippen LogP contribution in [-0.2, 0) is 4.79 Å². The first-order chi connectivity index (χ1) is 11.7. The first-order valence-electron chi connectivity index (χ1n) is 9.33. The van der Waals surface area contributed by atoms with Crippen LogP contribution in [0, 0.1) is 0 Å². The number of ether oxygens (including phenoxy) is 1. The van der Waals surface area contributed by atoms with Crippen LogP contribution in [0.2, 0.25) is 0 Å². The van der Waals surface area contributed by atoms with Crippen molar-refractivity contribution in [3.05, 3.63) is 35.9 Å². The third kappa shape index (κ3) is 11.3. The van der Waals surface area contributed by atoms with Crippen molar-refractivity contribution in [1.29, 1.82) is 0 Å². The van der Waals surface area contributed by atoms with Crippen molar-refractivity contribution in [2.24, 2.45) is 0 Å². The van der Waals surface area contributed by atoms with Gasteiger partial charge in [0.25, 0.3) is 0 Å². The number of rotatable bonds is 14. The maximum Gasteiger partial charge on any atom is 0.245 e. The Kier molecular flexibility index (Phi) is 12.2. The third-order valence-electron chi connectivity index (χ3n) is 4.05. The van der Waals surface area contributed by atoms with Gasteiger partial charge in [-0.05, 0) is 41.8 Å². The van der Waals surface area contributed by atoms with E-state index in [1.54, 1.807) is 6.08 Å². The molecular weight excluding hydrogens is 320 g/mol. The molecule has 0 heterocycles. The van der Waals surface area contributed by atoms with Crippen LogP contribution in [0.25, 0.3) is 6.08 Å². The predicted molar refractivity (Wildman–Crippen MR) is 104 cm³/mol. The lowest BCUT2D eigenvalue weighted by atomic mass is 10.1. The molecule has 0 unspecified atom stereocenters. The standard InChI is InChI=1S/C21H31ClO2/c1-2-3-4-5-6-7-8-9-10-11-18-24-20-15-12-19(13-16-20)14-17-21(22)23/h12-17H,2-11,18H2,1H3/b17-14+. The van der Waals surface area contributed by atoms with Gasteiger partial charge in [0.15, 0.2) is 0 Å². The molecule has 0 saturated heterocycles. The SMILES string of the molecule is CCCCCCCCCCCCOc1ccc(/C=C/C(=O)Cl)cc1. The quantitative estimate of drug-likeness (QED) is 0.210. The van der Waals surface area contributed by atoms with Crippen LogP contribution in [0.4, 0.5) is 0 Å². The van der Waals surface area contributed by atoms with E-state index in [-0.39, 0.29) is 0 Å². The number of hydrogen-bond donors (Lipinski definition) is 0. The number of carbonyl (C=O) groups is 1. The van der Waals surface area contributed by atoms with E-state index in [0.717, 1.165) is 24.3 Å². The number of benzene rings is 1. The van der Waals surface area contributed by atoms with E-state index in [2.05, 4.69) is 6.92 Å². The van der Waals surface area contributed by atoms with Gasteiger partial charge in [0.1, 0.15) is 5.75 Å². The Hall–Kier alpha value is -1.28. The number of unbranched alkanes of at least 4 members (excludes halogenated alkanes) is 9. The number of allylic oxidation sites excluding steroid dienone is 1. The molecule has 134 valence electrons. The lowest BCUT2D eigenvalue weighted by molar-refractivity contribution is -0.107. The van der Waals surface area contributed by atoms with Crippen molar-refractivity contribution >= 4 is 22.9 Å². The zero-order chi connectivity index (χ0) is 17.5. The molecule has 2 nitrogen and oxygen atoms in total. The second-order valence-electron chi connectivity index (χ2n) is 6.24. The highest BCUT2D eigenvalue weighted by Gasteiger charge is 1.96. The van der Waals surface area contributed by atoms with Gasteiger partial charge in [0.05, 0.1) is 6.61 Å². The largest absolute Gasteiger partial charge is 0.494 e. The molecule has 0 aromatic heterocycles. The van der Waals surface area contributed by atoms with Crippen LogP contribution in [-0.4, -0.2) is 11.8 Å². The van der Waals surface area contributed by atoms with Crippen molar-refractivity contribution in [3.63, 3.8) is 0 Å². The molecule has 24 heavy (non-hydrogen) atoms. The summed E-state index contributed by atoms with van der Waals surface area (Å²) in [6.07, 6.45) is 16.4. The van der Waals surface area contributed by atoms with Crippen molar-refractivity contribution in [1.82, 2.24) is 0 Å². The average molecular weight is 351 g/mol. The Morgan fingerprint density at radius 1 is 0.917 bits per heavy atom. The van der Waals surface area contributed by atoms with E-state index >= 15 is 0 Å². The smallest absolute Gasteiger partial charge is 0.245 e. The minimum Gasteiger partial charge on any atom is -0.494 e. The van der Waals surface area contributed by atoms with Crippen LogP contribution in [0.3, 0.4) is 0 Å². The zero-order valence-electron chi connectivity index (χ0n) is 14.9. The lowest BCUT2D eigenvalue weighted by Gasteiger charge is -2.06. The minimum absolute atomic E-state index is 0.462. The summed E-state index contributed by atoms with van der Waals surface area (Å²) in [7, 11) is 0. The van der Waals surface area contributed by atoms with E-state index in [1.165, 1.54) is 63.9 Å². The van der Waals surface area contributed by atoms with Crippen molar-refractivity contribution in [2.75, 3.05) is 6.61 Å². The molecule has 0 fully saturated rings. The molecule has 0 spiro atoms. The fourth-order valence-electron chi connectivity index (χ4n) is 2.62. The second-order valence-corrected chi connectivity index (χ2v) is 6.61. The van der Waals surface area contributed by atoms with Gasteiger partial charge in [0, 0.05) is 0 Å². The van der Waals surface area contributed by atoms with Crippen molar-refractivity contribution in [3.8, 4) is 5.75 Å². The monoisotopic (exact) mass is 350 g/mol. The van der Waals surface area contributed by atoms with E-state index < -0.39 is 5.24 Å². The fourth-order valence-corrected chi connectivity index (χ4v) is 2.68. The summed E-state index contributed by atoms with van der Waals surface area (Å²) in [6.45, 7) is 3.03. The molecule has 1 aromatic carbocycles. The summed E-state index contributed by atoms with van der Waals surface area (Å²) in [4.78, 5) is 10.7. The summed E-state index contributed by atoms with van der Waals surface area (Å²) in [5.41, 5.74) is 0.940. The van der Waals surface area contributed by atoms with Crippen LogP contribution >= 0.6 is 11.6 Å². The van der Waals surface area contributed by atoms with E-state index in [9.17, 15) is 4.79 Å². The number of hydrogen-bond acceptors (Lipinski definition) is 2. The topological polar surface area (TPSA) is 26.3 Å². The zero-order valence-corrected chi connectivity index (χ0v) is 15.7. The maximum atomic E-state index is 10.7. The first kappa shape index (κ1) is 20.8. The lowest BCUT2D eigenvalue weighted by Crippen LogP contribution is -1.97. The Bertz CT molecular complexity index is 465. The Morgan fingerprint density at radius 3 is 2.00 bits per heavy atom. The van der Waals surface area contributed by atoms with Gasteiger partial charge < -0.3 is 4.74 Å². The second kappa shape index (κ2) is 14.1. The molecule has 0 atom stereocenters. The van der Waals surface area contributed by atoms with Gasteiger partial charge in [-0.3, -0.25) is 4.79 Å². The Morgan fingerprint density at radius 2 is 1.46 bits per heavy atom. The van der Waals surface area contributed by atoms with Crippen LogP contribution in [0.15, 0.2) is 30.3 Å². The third-order valence-corrected chi connectivity index (χ3v) is 4.18. The van der Waals surface area contributed by atoms with Gasteiger partial charge in [-0.1, -0.05) is 82.9 Å². The van der Waals surface area contributed by atoms with E-state index in [4.69, 9.17) is 16.3 Å². The molecule has 0 N–H and O–H groups in total. The molecule has 0 saturated carbocycles. The molecule has 3 heteroatoms. The maximum absolute atomic E-state index is 10.7. The average Bonchev–Trinajstić information content (AvgIpc) is 2.59.